The molecule has 0 aliphatic rings. The quantitative estimate of drug-likeness (QED) is 0.473. The van der Waals surface area contributed by atoms with Crippen LogP contribution < -0.4 is 0 Å². The second kappa shape index (κ2) is 10.9. The molecule has 0 aromatic heterocycles. The minimum atomic E-state index is -0.672. The molecule has 1 atom stereocenters. The van der Waals surface area contributed by atoms with Gasteiger partial charge in [-0.1, -0.05) is 64.0 Å². The van der Waals surface area contributed by atoms with Crippen molar-refractivity contribution in [3.8, 4) is 0 Å². The Kier molecular flexibility index (Phi) is 11.2. The molecule has 0 saturated carbocycles. The van der Waals surface area contributed by atoms with Crippen LogP contribution >= 0.6 is 31.9 Å². The van der Waals surface area contributed by atoms with Gasteiger partial charge in [-0.25, -0.2) is 0 Å². The summed E-state index contributed by atoms with van der Waals surface area (Å²) in [6, 6.07) is 0. The van der Waals surface area contributed by atoms with E-state index >= 15 is 0 Å². The zero-order valence-electron chi connectivity index (χ0n) is 9.05. The fourth-order valence-electron chi connectivity index (χ4n) is 1.43. The Balaban J connectivity index is 3.02. The Bertz CT molecular complexity index is 163. The molecule has 0 radical (unpaired) electrons. The average molecular weight is 344 g/mol. The highest BCUT2D eigenvalue weighted by Gasteiger charge is 2.01. The van der Waals surface area contributed by atoms with Crippen molar-refractivity contribution < 1.29 is 9.90 Å². The van der Waals surface area contributed by atoms with Crippen LogP contribution in [0.25, 0.3) is 0 Å². The summed E-state index contributed by atoms with van der Waals surface area (Å²) < 4.78 is 0. The smallest absolute Gasteiger partial charge is 0.303 e. The molecule has 0 saturated heterocycles. The van der Waals surface area contributed by atoms with Gasteiger partial charge >= 0.3 is 5.97 Å². The Hall–Kier alpha value is 0.430. The largest absolute Gasteiger partial charge is 0.481 e. The second-order valence-corrected chi connectivity index (χ2v) is 5.75. The van der Waals surface area contributed by atoms with Crippen molar-refractivity contribution in [2.75, 3.05) is 5.33 Å². The van der Waals surface area contributed by atoms with E-state index in [1.54, 1.807) is 0 Å². The van der Waals surface area contributed by atoms with E-state index in [1.807, 2.05) is 0 Å². The van der Waals surface area contributed by atoms with Gasteiger partial charge < -0.3 is 5.11 Å². The molecule has 1 N–H and O–H groups in total. The zero-order chi connectivity index (χ0) is 11.5. The third-order valence-electron chi connectivity index (χ3n) is 2.33. The fraction of sp³-hybridized carbons (Fsp3) is 0.909. The predicted molar refractivity (Wildman–Crippen MR) is 71.1 cm³/mol. The summed E-state index contributed by atoms with van der Waals surface area (Å²) >= 11 is 7.00. The van der Waals surface area contributed by atoms with Gasteiger partial charge in [-0.2, -0.15) is 0 Å². The number of aliphatic carboxylic acids is 1. The van der Waals surface area contributed by atoms with Crippen LogP contribution in [0.2, 0.25) is 0 Å². The van der Waals surface area contributed by atoms with Crippen molar-refractivity contribution in [1.29, 1.82) is 0 Å². The third kappa shape index (κ3) is 12.4. The van der Waals surface area contributed by atoms with Crippen LogP contribution in [-0.2, 0) is 4.79 Å². The van der Waals surface area contributed by atoms with Gasteiger partial charge in [0.15, 0.2) is 0 Å². The van der Waals surface area contributed by atoms with Crippen LogP contribution in [0.1, 0.15) is 51.4 Å². The van der Waals surface area contributed by atoms with Crippen molar-refractivity contribution >= 4 is 37.8 Å². The predicted octanol–water partition coefficient (Wildman–Crippen LogP) is 4.35. The first-order valence-corrected chi connectivity index (χ1v) is 7.62. The average Bonchev–Trinajstić information content (AvgIpc) is 2.21. The molecule has 90 valence electrons. The molecule has 0 fully saturated rings. The number of unbranched alkanes of at least 4 members (excludes halogenated alkanes) is 5. The summed E-state index contributed by atoms with van der Waals surface area (Å²) in [5.74, 6) is -0.672. The normalized spacial score (nSPS) is 12.7. The van der Waals surface area contributed by atoms with Crippen LogP contribution in [0.5, 0.6) is 0 Å². The lowest BCUT2D eigenvalue weighted by Gasteiger charge is -2.04. The van der Waals surface area contributed by atoms with E-state index < -0.39 is 5.97 Å². The van der Waals surface area contributed by atoms with E-state index in [9.17, 15) is 4.79 Å². The molecule has 0 aromatic carbocycles. The summed E-state index contributed by atoms with van der Waals surface area (Å²) in [5, 5.41) is 9.45. The molecule has 0 aliphatic carbocycles. The zero-order valence-corrected chi connectivity index (χ0v) is 12.2. The van der Waals surface area contributed by atoms with E-state index in [2.05, 4.69) is 31.9 Å². The Labute approximate surface area is 109 Å². The molecule has 0 aliphatic heterocycles. The van der Waals surface area contributed by atoms with Crippen molar-refractivity contribution in [3.63, 3.8) is 0 Å². The number of alkyl halides is 2. The number of carboxylic acid groups (broad SMARTS) is 1. The highest BCUT2D eigenvalue weighted by Crippen LogP contribution is 2.14. The molecule has 15 heavy (non-hydrogen) atoms. The Morgan fingerprint density at radius 3 is 2.13 bits per heavy atom. The van der Waals surface area contributed by atoms with Gasteiger partial charge in [0.05, 0.1) is 0 Å². The van der Waals surface area contributed by atoms with E-state index in [0.29, 0.717) is 11.2 Å². The second-order valence-electron chi connectivity index (χ2n) is 3.81. The first kappa shape index (κ1) is 15.4. The number of halogens is 2. The Morgan fingerprint density at radius 1 is 1.07 bits per heavy atom. The van der Waals surface area contributed by atoms with E-state index in [1.165, 1.54) is 32.1 Å². The van der Waals surface area contributed by atoms with Crippen LogP contribution in [0, 0.1) is 0 Å². The fourth-order valence-corrected chi connectivity index (χ4v) is 2.07. The SMILES string of the molecule is O=C(O)CCCCCCCCC(Br)CBr. The van der Waals surface area contributed by atoms with Gasteiger partial charge in [-0.05, 0) is 12.8 Å². The lowest BCUT2D eigenvalue weighted by molar-refractivity contribution is -0.137. The van der Waals surface area contributed by atoms with Crippen LogP contribution in [-0.4, -0.2) is 21.2 Å². The minimum absolute atomic E-state index is 0.326. The first-order valence-electron chi connectivity index (χ1n) is 5.58. The maximum Gasteiger partial charge on any atom is 0.303 e. The number of hydrogen-bond donors (Lipinski definition) is 1. The number of hydrogen-bond acceptors (Lipinski definition) is 1. The van der Waals surface area contributed by atoms with Crippen molar-refractivity contribution in [2.24, 2.45) is 0 Å². The lowest BCUT2D eigenvalue weighted by atomic mass is 10.1. The molecule has 0 rings (SSSR count). The third-order valence-corrected chi connectivity index (χ3v) is 4.76. The minimum Gasteiger partial charge on any atom is -0.481 e. The Morgan fingerprint density at radius 2 is 1.60 bits per heavy atom. The molecule has 0 aromatic rings. The van der Waals surface area contributed by atoms with E-state index in [0.717, 1.165) is 18.2 Å². The standard InChI is InChI=1S/C11H20Br2O2/c12-9-10(13)7-5-3-1-2-4-6-8-11(14)15/h10H,1-9H2,(H,14,15). The lowest BCUT2D eigenvalue weighted by Crippen LogP contribution is -1.98. The van der Waals surface area contributed by atoms with Gasteiger partial charge in [0.2, 0.25) is 0 Å². The molecular weight excluding hydrogens is 324 g/mol. The molecule has 0 amide bonds. The summed E-state index contributed by atoms with van der Waals surface area (Å²) in [6.45, 7) is 0. The maximum atomic E-state index is 10.2. The van der Waals surface area contributed by atoms with Crippen LogP contribution in [0.3, 0.4) is 0 Å². The van der Waals surface area contributed by atoms with Gasteiger partial charge in [0, 0.05) is 16.6 Å². The molecule has 1 unspecified atom stereocenters. The van der Waals surface area contributed by atoms with E-state index in [-0.39, 0.29) is 0 Å². The summed E-state index contributed by atoms with van der Waals surface area (Å²) in [6.07, 6.45) is 8.38. The highest BCUT2D eigenvalue weighted by atomic mass is 79.9. The molecule has 4 heteroatoms. The van der Waals surface area contributed by atoms with Gasteiger partial charge in [-0.3, -0.25) is 4.79 Å². The highest BCUT2D eigenvalue weighted by molar-refractivity contribution is 9.12. The molecule has 0 heterocycles. The van der Waals surface area contributed by atoms with Gasteiger partial charge in [0.25, 0.3) is 0 Å². The van der Waals surface area contributed by atoms with Crippen LogP contribution in [0.15, 0.2) is 0 Å². The number of carboxylic acids is 1. The topological polar surface area (TPSA) is 37.3 Å². The molecule has 0 spiro atoms. The summed E-state index contributed by atoms with van der Waals surface area (Å²) in [5.41, 5.74) is 0. The van der Waals surface area contributed by atoms with E-state index in [4.69, 9.17) is 5.11 Å². The summed E-state index contributed by atoms with van der Waals surface area (Å²) in [4.78, 5) is 10.8. The number of rotatable bonds is 10. The van der Waals surface area contributed by atoms with Crippen molar-refractivity contribution in [2.45, 2.75) is 56.2 Å². The van der Waals surface area contributed by atoms with Gasteiger partial charge in [0.1, 0.15) is 0 Å². The van der Waals surface area contributed by atoms with Crippen molar-refractivity contribution in [1.82, 2.24) is 0 Å². The first-order chi connectivity index (χ1) is 7.16. The maximum absolute atomic E-state index is 10.2. The molecule has 2 nitrogen and oxygen atoms in total. The molecule has 0 bridgehead atoms. The number of carbonyl (C=O) groups is 1. The van der Waals surface area contributed by atoms with Crippen LogP contribution in [0.4, 0.5) is 0 Å². The molecular formula is C11H20Br2O2. The summed E-state index contributed by atoms with van der Waals surface area (Å²) in [7, 11) is 0. The van der Waals surface area contributed by atoms with Crippen molar-refractivity contribution in [3.05, 3.63) is 0 Å². The monoisotopic (exact) mass is 342 g/mol. The van der Waals surface area contributed by atoms with Gasteiger partial charge in [-0.15, -0.1) is 0 Å².